The van der Waals surface area contributed by atoms with Gasteiger partial charge in [-0.15, -0.1) is 0 Å². The van der Waals surface area contributed by atoms with Crippen LogP contribution in [0.2, 0.25) is 0 Å². The summed E-state index contributed by atoms with van der Waals surface area (Å²) < 4.78 is 6.65. The van der Waals surface area contributed by atoms with E-state index >= 15 is 0 Å². The minimum atomic E-state index is -0.523. The van der Waals surface area contributed by atoms with Crippen LogP contribution in [0.25, 0.3) is 0 Å². The smallest absolute Gasteiger partial charge is 0.343 e. The first-order chi connectivity index (χ1) is 7.15. The van der Waals surface area contributed by atoms with Crippen LogP contribution in [0.5, 0.6) is 0 Å². The number of hydrogen-bond donors (Lipinski definition) is 0. The summed E-state index contributed by atoms with van der Waals surface area (Å²) >= 11 is 0. The Kier molecular flexibility index (Phi) is 2.34. The van der Waals surface area contributed by atoms with Gasteiger partial charge in [-0.3, -0.25) is 4.79 Å². The Bertz CT molecular complexity index is 473. The number of fused-ring (bicyclic) bond motifs is 1. The molecule has 1 aliphatic heterocycles. The second-order valence-corrected chi connectivity index (χ2v) is 3.72. The predicted octanol–water partition coefficient (Wildman–Crippen LogP) is 0.890. The van der Waals surface area contributed by atoms with Crippen LogP contribution in [0.1, 0.15) is 28.2 Å². The number of methoxy groups -OCH3 is 1. The molecule has 2 heterocycles. The van der Waals surface area contributed by atoms with Crippen LogP contribution in [0, 0.1) is 6.92 Å². The summed E-state index contributed by atoms with van der Waals surface area (Å²) in [5.74, 6) is -0.523. The summed E-state index contributed by atoms with van der Waals surface area (Å²) in [6, 6.07) is 1.50. The number of carbonyl (C=O) groups excluding carboxylic acids is 1. The van der Waals surface area contributed by atoms with Gasteiger partial charge in [0.05, 0.1) is 7.11 Å². The van der Waals surface area contributed by atoms with E-state index in [1.54, 1.807) is 0 Å². The van der Waals surface area contributed by atoms with Gasteiger partial charge >= 0.3 is 5.97 Å². The van der Waals surface area contributed by atoms with Gasteiger partial charge in [0.2, 0.25) is 0 Å². The lowest BCUT2D eigenvalue weighted by Gasteiger charge is -2.11. The summed E-state index contributed by atoms with van der Waals surface area (Å²) in [6.07, 6.45) is 1.76. The average Bonchev–Trinajstić information content (AvgIpc) is 2.66. The number of rotatable bonds is 1. The van der Waals surface area contributed by atoms with E-state index in [2.05, 4.69) is 4.74 Å². The topological polar surface area (TPSA) is 48.3 Å². The molecule has 0 saturated carbocycles. The quantitative estimate of drug-likeness (QED) is 0.642. The van der Waals surface area contributed by atoms with Gasteiger partial charge in [0, 0.05) is 24.0 Å². The Hall–Kier alpha value is -1.58. The number of carbonyl (C=O) groups is 1. The lowest BCUT2D eigenvalue weighted by Crippen LogP contribution is -2.22. The van der Waals surface area contributed by atoms with Gasteiger partial charge < -0.3 is 9.30 Å². The highest BCUT2D eigenvalue weighted by Crippen LogP contribution is 2.19. The first kappa shape index (κ1) is 9.96. The largest absolute Gasteiger partial charge is 0.465 e. The highest BCUT2D eigenvalue weighted by Gasteiger charge is 2.23. The van der Waals surface area contributed by atoms with Crippen molar-refractivity contribution in [2.45, 2.75) is 26.3 Å². The number of ether oxygens (including phenoxy) is 1. The van der Waals surface area contributed by atoms with Gasteiger partial charge in [-0.1, -0.05) is 0 Å². The fourth-order valence-electron chi connectivity index (χ4n) is 2.13. The Morgan fingerprint density at radius 2 is 2.27 bits per heavy atom. The molecule has 1 aliphatic rings. The highest BCUT2D eigenvalue weighted by molar-refractivity contribution is 5.90. The summed E-state index contributed by atoms with van der Waals surface area (Å²) in [5, 5.41) is 0. The molecule has 0 fully saturated rings. The first-order valence-corrected chi connectivity index (χ1v) is 4.96. The zero-order chi connectivity index (χ0) is 11.0. The van der Waals surface area contributed by atoms with Crippen LogP contribution >= 0.6 is 0 Å². The Morgan fingerprint density at radius 3 is 2.93 bits per heavy atom. The summed E-state index contributed by atoms with van der Waals surface area (Å²) in [4.78, 5) is 23.2. The van der Waals surface area contributed by atoms with Crippen molar-refractivity contribution >= 4 is 5.97 Å². The number of esters is 1. The Labute approximate surface area is 87.5 Å². The van der Waals surface area contributed by atoms with Crippen molar-refractivity contribution in [1.29, 1.82) is 0 Å². The minimum absolute atomic E-state index is 0.209. The van der Waals surface area contributed by atoms with Crippen molar-refractivity contribution in [1.82, 2.24) is 4.57 Å². The molecule has 4 nitrogen and oxygen atoms in total. The molecule has 0 N–H and O–H groups in total. The highest BCUT2D eigenvalue weighted by atomic mass is 16.5. The van der Waals surface area contributed by atoms with E-state index in [0.717, 1.165) is 30.8 Å². The molecule has 2 rings (SSSR count). The van der Waals surface area contributed by atoms with Gasteiger partial charge in [0.15, 0.2) is 5.43 Å². The maximum Gasteiger partial charge on any atom is 0.343 e. The maximum atomic E-state index is 11.7. The van der Waals surface area contributed by atoms with Crippen molar-refractivity contribution in [2.75, 3.05) is 7.11 Å². The molecule has 1 aromatic rings. The third kappa shape index (κ3) is 1.46. The van der Waals surface area contributed by atoms with Crippen LogP contribution < -0.4 is 5.43 Å². The van der Waals surface area contributed by atoms with Gasteiger partial charge in [0.1, 0.15) is 5.56 Å². The maximum absolute atomic E-state index is 11.7. The summed E-state index contributed by atoms with van der Waals surface area (Å²) in [5.41, 5.74) is 1.72. The van der Waals surface area contributed by atoms with E-state index in [1.165, 1.54) is 13.2 Å². The van der Waals surface area contributed by atoms with Crippen molar-refractivity contribution in [3.05, 3.63) is 33.2 Å². The first-order valence-electron chi connectivity index (χ1n) is 4.96. The molecule has 0 aliphatic carbocycles. The molecule has 0 atom stereocenters. The van der Waals surface area contributed by atoms with E-state index in [0.29, 0.717) is 0 Å². The fraction of sp³-hybridized carbons (Fsp3) is 0.455. The number of nitrogens with zero attached hydrogens (tertiary/aromatic N) is 1. The second-order valence-electron chi connectivity index (χ2n) is 3.72. The molecule has 0 amide bonds. The van der Waals surface area contributed by atoms with E-state index in [1.807, 2.05) is 11.5 Å². The zero-order valence-corrected chi connectivity index (χ0v) is 8.87. The Balaban J connectivity index is 2.70. The Morgan fingerprint density at radius 1 is 1.53 bits per heavy atom. The van der Waals surface area contributed by atoms with Gasteiger partial charge in [-0.05, 0) is 19.8 Å². The molecule has 15 heavy (non-hydrogen) atoms. The van der Waals surface area contributed by atoms with E-state index in [9.17, 15) is 9.59 Å². The van der Waals surface area contributed by atoms with Crippen LogP contribution in [0.3, 0.4) is 0 Å². The van der Waals surface area contributed by atoms with Crippen LogP contribution in [0.4, 0.5) is 0 Å². The monoisotopic (exact) mass is 207 g/mol. The van der Waals surface area contributed by atoms with Crippen molar-refractivity contribution in [2.24, 2.45) is 0 Å². The molecule has 1 aromatic heterocycles. The molecule has 0 saturated heterocycles. The molecule has 0 unspecified atom stereocenters. The predicted molar refractivity (Wildman–Crippen MR) is 55.1 cm³/mol. The fourth-order valence-corrected chi connectivity index (χ4v) is 2.13. The lowest BCUT2D eigenvalue weighted by atomic mass is 10.1. The van der Waals surface area contributed by atoms with E-state index in [4.69, 9.17) is 0 Å². The van der Waals surface area contributed by atoms with E-state index in [-0.39, 0.29) is 11.0 Å². The normalized spacial score (nSPS) is 13.7. The number of pyridine rings is 1. The number of aromatic nitrogens is 1. The molecule has 0 spiro atoms. The van der Waals surface area contributed by atoms with Crippen molar-refractivity contribution in [3.8, 4) is 0 Å². The minimum Gasteiger partial charge on any atom is -0.465 e. The van der Waals surface area contributed by atoms with Gasteiger partial charge in [-0.2, -0.15) is 0 Å². The van der Waals surface area contributed by atoms with Crippen LogP contribution in [0.15, 0.2) is 10.9 Å². The van der Waals surface area contributed by atoms with Crippen LogP contribution in [-0.4, -0.2) is 17.6 Å². The molecule has 0 radical (unpaired) electrons. The summed E-state index contributed by atoms with van der Waals surface area (Å²) in [7, 11) is 1.30. The molecule has 4 heteroatoms. The average molecular weight is 207 g/mol. The number of aryl methyl sites for hydroxylation is 1. The lowest BCUT2D eigenvalue weighted by molar-refractivity contribution is 0.0597. The molecule has 0 aromatic carbocycles. The van der Waals surface area contributed by atoms with Crippen molar-refractivity contribution in [3.63, 3.8) is 0 Å². The molecule has 0 bridgehead atoms. The third-order valence-corrected chi connectivity index (χ3v) is 2.81. The SMILES string of the molecule is COC(=O)c1c2n(c(C)cc1=O)CCC2. The summed E-state index contributed by atoms with van der Waals surface area (Å²) in [6.45, 7) is 2.77. The van der Waals surface area contributed by atoms with Crippen LogP contribution in [-0.2, 0) is 17.7 Å². The molecule has 80 valence electrons. The van der Waals surface area contributed by atoms with Crippen molar-refractivity contribution < 1.29 is 9.53 Å². The van der Waals surface area contributed by atoms with Gasteiger partial charge in [0.25, 0.3) is 0 Å². The third-order valence-electron chi connectivity index (χ3n) is 2.81. The standard InChI is InChI=1S/C11H13NO3/c1-7-6-9(13)10(11(14)15-2)8-4-3-5-12(7)8/h6H,3-5H2,1-2H3. The van der Waals surface area contributed by atoms with E-state index < -0.39 is 5.97 Å². The zero-order valence-electron chi connectivity index (χ0n) is 8.87. The number of hydrogen-bond acceptors (Lipinski definition) is 3. The molecular weight excluding hydrogens is 194 g/mol. The van der Waals surface area contributed by atoms with Gasteiger partial charge in [-0.25, -0.2) is 4.79 Å². The second kappa shape index (κ2) is 3.53. The molecular formula is C11H13NO3.